The standard InChI is InChI=1S/C17H20BrNO3.ClH/c1-11(16(20)12-6-4-3-5-7-12)19-10-13-8-14(18)9-15(22-2)17(13)21;/h3-9,11,16,19-21H,10H2,1-2H3;1H. The molecule has 0 saturated heterocycles. The molecule has 126 valence electrons. The van der Waals surface area contributed by atoms with E-state index in [2.05, 4.69) is 15.9 Å². The van der Waals surface area contributed by atoms with Crippen molar-refractivity contribution in [2.24, 2.45) is 0 Å². The van der Waals surface area contributed by atoms with Crippen LogP contribution in [0.15, 0.2) is 46.9 Å². The van der Waals surface area contributed by atoms with Gasteiger partial charge in [-0.2, -0.15) is 0 Å². The Balaban J connectivity index is 0.00000264. The van der Waals surface area contributed by atoms with Crippen LogP contribution in [0.5, 0.6) is 11.5 Å². The molecule has 0 spiro atoms. The lowest BCUT2D eigenvalue weighted by molar-refractivity contribution is -0.709. The number of quaternary nitrogens is 1. The van der Waals surface area contributed by atoms with Gasteiger partial charge in [-0.1, -0.05) is 46.3 Å². The highest BCUT2D eigenvalue weighted by Gasteiger charge is 2.20. The Morgan fingerprint density at radius 3 is 2.48 bits per heavy atom. The van der Waals surface area contributed by atoms with Gasteiger partial charge in [0.25, 0.3) is 0 Å². The van der Waals surface area contributed by atoms with Gasteiger partial charge in [-0.05, 0) is 24.6 Å². The summed E-state index contributed by atoms with van der Waals surface area (Å²) in [6.45, 7) is 2.51. The number of benzene rings is 2. The summed E-state index contributed by atoms with van der Waals surface area (Å²) < 4.78 is 6.00. The van der Waals surface area contributed by atoms with Crippen molar-refractivity contribution in [2.45, 2.75) is 25.6 Å². The average molecular weight is 403 g/mol. The van der Waals surface area contributed by atoms with Gasteiger partial charge < -0.3 is 32.7 Å². The molecule has 0 aliphatic rings. The molecule has 0 aromatic heterocycles. The number of methoxy groups -OCH3 is 1. The minimum atomic E-state index is -0.558. The molecule has 0 aliphatic carbocycles. The second kappa shape index (κ2) is 9.13. The first-order chi connectivity index (χ1) is 10.5. The SMILES string of the molecule is COc1cc(Br)cc(C[NH2+]C(C)C(O)c2ccccc2)c1O.[Cl-]. The molecule has 2 rings (SSSR count). The molecular weight excluding hydrogens is 382 g/mol. The number of aromatic hydroxyl groups is 1. The molecule has 0 saturated carbocycles. The van der Waals surface area contributed by atoms with E-state index in [1.165, 1.54) is 7.11 Å². The van der Waals surface area contributed by atoms with Crippen LogP contribution in [0.25, 0.3) is 0 Å². The lowest BCUT2D eigenvalue weighted by atomic mass is 10.0. The summed E-state index contributed by atoms with van der Waals surface area (Å²) in [5.74, 6) is 0.581. The van der Waals surface area contributed by atoms with E-state index in [9.17, 15) is 10.2 Å². The Hall–Kier alpha value is -1.27. The van der Waals surface area contributed by atoms with E-state index in [4.69, 9.17) is 4.74 Å². The Morgan fingerprint density at radius 1 is 1.22 bits per heavy atom. The lowest BCUT2D eigenvalue weighted by Crippen LogP contribution is -3.00. The summed E-state index contributed by atoms with van der Waals surface area (Å²) >= 11 is 3.41. The third-order valence-corrected chi connectivity index (χ3v) is 4.15. The minimum Gasteiger partial charge on any atom is -1.00 e. The van der Waals surface area contributed by atoms with Gasteiger partial charge in [0.2, 0.25) is 0 Å². The fraction of sp³-hybridized carbons (Fsp3) is 0.294. The number of phenols is 1. The normalized spacial score (nSPS) is 13.0. The van der Waals surface area contributed by atoms with Gasteiger partial charge in [-0.25, -0.2) is 0 Å². The Bertz CT molecular complexity index is 625. The highest BCUT2D eigenvalue weighted by atomic mass is 79.9. The highest BCUT2D eigenvalue weighted by Crippen LogP contribution is 2.33. The van der Waals surface area contributed by atoms with Crippen LogP contribution in [0.4, 0.5) is 0 Å². The molecule has 6 heteroatoms. The first-order valence-electron chi connectivity index (χ1n) is 7.14. The Kier molecular flexibility index (Phi) is 7.85. The highest BCUT2D eigenvalue weighted by molar-refractivity contribution is 9.10. The summed E-state index contributed by atoms with van der Waals surface area (Å²) in [4.78, 5) is 0. The van der Waals surface area contributed by atoms with Crippen LogP contribution < -0.4 is 22.5 Å². The smallest absolute Gasteiger partial charge is 0.166 e. The van der Waals surface area contributed by atoms with Crippen molar-refractivity contribution in [3.05, 3.63) is 58.1 Å². The molecule has 2 aromatic rings. The minimum absolute atomic E-state index is 0. The number of aliphatic hydroxyl groups excluding tert-OH is 1. The van der Waals surface area contributed by atoms with Crippen LogP contribution in [0.2, 0.25) is 0 Å². The molecule has 2 atom stereocenters. The first-order valence-corrected chi connectivity index (χ1v) is 7.94. The van der Waals surface area contributed by atoms with Crippen LogP contribution in [-0.4, -0.2) is 23.4 Å². The van der Waals surface area contributed by atoms with E-state index in [1.54, 1.807) is 6.07 Å². The number of nitrogens with two attached hydrogens (primary N) is 1. The number of hydrogen-bond acceptors (Lipinski definition) is 3. The molecule has 4 N–H and O–H groups in total. The number of phenolic OH excluding ortho intramolecular Hbond substituents is 1. The second-order valence-corrected chi connectivity index (χ2v) is 6.19. The lowest BCUT2D eigenvalue weighted by Gasteiger charge is -2.18. The van der Waals surface area contributed by atoms with Crippen molar-refractivity contribution in [3.8, 4) is 11.5 Å². The zero-order valence-electron chi connectivity index (χ0n) is 13.0. The average Bonchev–Trinajstić information content (AvgIpc) is 2.55. The van der Waals surface area contributed by atoms with Crippen LogP contribution >= 0.6 is 15.9 Å². The van der Waals surface area contributed by atoms with E-state index in [1.807, 2.05) is 48.6 Å². The largest absolute Gasteiger partial charge is 1.00 e. The molecule has 0 fully saturated rings. The van der Waals surface area contributed by atoms with Crippen LogP contribution in [0.1, 0.15) is 24.2 Å². The third kappa shape index (κ3) is 5.11. The fourth-order valence-electron chi connectivity index (χ4n) is 2.34. The van der Waals surface area contributed by atoms with Crippen molar-refractivity contribution in [1.82, 2.24) is 0 Å². The molecule has 4 nitrogen and oxygen atoms in total. The summed E-state index contributed by atoms with van der Waals surface area (Å²) in [6, 6.07) is 13.1. The first kappa shape index (κ1) is 19.8. The maximum atomic E-state index is 10.4. The predicted molar refractivity (Wildman–Crippen MR) is 88.9 cm³/mol. The summed E-state index contributed by atoms with van der Waals surface area (Å²) in [5, 5.41) is 22.5. The maximum absolute atomic E-state index is 10.4. The fourth-order valence-corrected chi connectivity index (χ4v) is 2.82. The van der Waals surface area contributed by atoms with Crippen molar-refractivity contribution in [1.29, 1.82) is 0 Å². The van der Waals surface area contributed by atoms with Crippen molar-refractivity contribution in [3.63, 3.8) is 0 Å². The van der Waals surface area contributed by atoms with E-state index in [0.29, 0.717) is 12.3 Å². The van der Waals surface area contributed by atoms with Crippen molar-refractivity contribution >= 4 is 15.9 Å². The van der Waals surface area contributed by atoms with Crippen molar-refractivity contribution < 1.29 is 32.7 Å². The number of halogens is 2. The van der Waals surface area contributed by atoms with E-state index in [-0.39, 0.29) is 24.2 Å². The molecular formula is C17H21BrClNO3. The summed E-state index contributed by atoms with van der Waals surface area (Å²) in [6.07, 6.45) is -0.558. The maximum Gasteiger partial charge on any atom is 0.166 e. The van der Waals surface area contributed by atoms with Gasteiger partial charge in [-0.3, -0.25) is 0 Å². The third-order valence-electron chi connectivity index (χ3n) is 3.69. The van der Waals surface area contributed by atoms with Gasteiger partial charge in [0.1, 0.15) is 18.7 Å². The number of ether oxygens (including phenoxy) is 1. The topological polar surface area (TPSA) is 66.3 Å². The number of aliphatic hydroxyl groups is 1. The van der Waals surface area contributed by atoms with Gasteiger partial charge in [0.05, 0.1) is 12.7 Å². The van der Waals surface area contributed by atoms with E-state index in [0.717, 1.165) is 15.6 Å². The van der Waals surface area contributed by atoms with E-state index < -0.39 is 6.10 Å². The monoisotopic (exact) mass is 401 g/mol. The zero-order valence-corrected chi connectivity index (χ0v) is 15.4. The zero-order chi connectivity index (χ0) is 16.1. The molecule has 0 heterocycles. The van der Waals surface area contributed by atoms with E-state index >= 15 is 0 Å². The predicted octanol–water partition coefficient (Wildman–Crippen LogP) is -0.647. The summed E-state index contributed by atoms with van der Waals surface area (Å²) in [7, 11) is 1.52. The van der Waals surface area contributed by atoms with Gasteiger partial charge in [0.15, 0.2) is 11.5 Å². The molecule has 0 amide bonds. The van der Waals surface area contributed by atoms with Gasteiger partial charge in [0, 0.05) is 4.47 Å². The quantitative estimate of drug-likeness (QED) is 0.602. The van der Waals surface area contributed by atoms with Crippen molar-refractivity contribution in [2.75, 3.05) is 7.11 Å². The molecule has 0 aliphatic heterocycles. The van der Waals surface area contributed by atoms with Gasteiger partial charge >= 0.3 is 0 Å². The molecule has 23 heavy (non-hydrogen) atoms. The van der Waals surface area contributed by atoms with Crippen LogP contribution in [0.3, 0.4) is 0 Å². The number of hydrogen-bond donors (Lipinski definition) is 3. The Labute approximate surface area is 151 Å². The molecule has 2 aromatic carbocycles. The second-order valence-electron chi connectivity index (χ2n) is 5.27. The van der Waals surface area contributed by atoms with Crippen LogP contribution in [0, 0.1) is 0 Å². The molecule has 0 radical (unpaired) electrons. The van der Waals surface area contributed by atoms with Gasteiger partial charge in [-0.15, -0.1) is 0 Å². The number of rotatable bonds is 6. The Morgan fingerprint density at radius 2 is 1.87 bits per heavy atom. The van der Waals surface area contributed by atoms with Crippen LogP contribution in [-0.2, 0) is 6.54 Å². The molecule has 0 bridgehead atoms. The summed E-state index contributed by atoms with van der Waals surface area (Å²) in [5.41, 5.74) is 1.65. The molecule has 2 unspecified atom stereocenters.